The van der Waals surface area contributed by atoms with E-state index in [0.717, 1.165) is 17.0 Å². The van der Waals surface area contributed by atoms with Gasteiger partial charge in [-0.05, 0) is 24.1 Å². The van der Waals surface area contributed by atoms with Crippen LogP contribution in [0.5, 0.6) is 0 Å². The van der Waals surface area contributed by atoms with Gasteiger partial charge in [-0.3, -0.25) is 0 Å². The Bertz CT molecular complexity index is 534. The van der Waals surface area contributed by atoms with Crippen molar-refractivity contribution in [3.8, 4) is 6.07 Å². The van der Waals surface area contributed by atoms with Gasteiger partial charge in [-0.1, -0.05) is 17.7 Å². The minimum Gasteiger partial charge on any atom is -0.350 e. The van der Waals surface area contributed by atoms with E-state index in [0.29, 0.717) is 6.42 Å². The lowest BCUT2D eigenvalue weighted by Crippen LogP contribution is -1.83. The lowest BCUT2D eigenvalue weighted by Gasteiger charge is -1.96. The lowest BCUT2D eigenvalue weighted by molar-refractivity contribution is 0.940. The Morgan fingerprint density at radius 1 is 1.47 bits per heavy atom. The van der Waals surface area contributed by atoms with Gasteiger partial charge in [0, 0.05) is 35.6 Å². The van der Waals surface area contributed by atoms with Crippen molar-refractivity contribution in [3.05, 3.63) is 35.0 Å². The average Bonchev–Trinajstić information content (AvgIpc) is 2.53. The third-order valence-electron chi connectivity index (χ3n) is 2.54. The number of benzene rings is 1. The molecule has 2 nitrogen and oxygen atoms in total. The number of aryl methyl sites for hydroxylation is 2. The van der Waals surface area contributed by atoms with Crippen molar-refractivity contribution in [2.45, 2.75) is 12.8 Å². The zero-order chi connectivity index (χ0) is 10.8. The van der Waals surface area contributed by atoms with Crippen LogP contribution in [0, 0.1) is 11.3 Å². The van der Waals surface area contributed by atoms with Crippen LogP contribution in [0.1, 0.15) is 12.0 Å². The summed E-state index contributed by atoms with van der Waals surface area (Å²) in [6.45, 7) is 0. The molecule has 2 aromatic rings. The zero-order valence-electron chi connectivity index (χ0n) is 8.50. The van der Waals surface area contributed by atoms with E-state index >= 15 is 0 Å². The molecule has 3 heteroatoms. The minimum absolute atomic E-state index is 0.557. The quantitative estimate of drug-likeness (QED) is 0.761. The Morgan fingerprint density at radius 2 is 2.27 bits per heavy atom. The Balaban J connectivity index is 2.54. The van der Waals surface area contributed by atoms with E-state index in [1.54, 1.807) is 0 Å². The first kappa shape index (κ1) is 10.1. The second-order valence-corrected chi connectivity index (χ2v) is 4.02. The van der Waals surface area contributed by atoms with Gasteiger partial charge in [-0.15, -0.1) is 0 Å². The Hall–Kier alpha value is -1.46. The molecule has 0 aliphatic carbocycles. The van der Waals surface area contributed by atoms with Crippen LogP contribution in [0.3, 0.4) is 0 Å². The summed E-state index contributed by atoms with van der Waals surface area (Å²) in [5, 5.41) is 10.5. The zero-order valence-corrected chi connectivity index (χ0v) is 9.25. The van der Waals surface area contributed by atoms with Gasteiger partial charge in [-0.2, -0.15) is 5.26 Å². The van der Waals surface area contributed by atoms with Crippen molar-refractivity contribution in [2.75, 3.05) is 0 Å². The standard InChI is InChI=1S/C12H11ClN2/c1-15-8-9(3-2-6-14)11-5-4-10(13)7-12(11)15/h4-5,7-8H,2-3H2,1H3. The molecule has 2 rings (SSSR count). The molecule has 1 aromatic carbocycles. The first-order valence-electron chi connectivity index (χ1n) is 4.83. The largest absolute Gasteiger partial charge is 0.350 e. The van der Waals surface area contributed by atoms with Gasteiger partial charge < -0.3 is 4.57 Å². The van der Waals surface area contributed by atoms with Crippen molar-refractivity contribution in [2.24, 2.45) is 7.05 Å². The molecule has 0 amide bonds. The molecule has 0 saturated heterocycles. The second kappa shape index (κ2) is 3.96. The summed E-state index contributed by atoms with van der Waals surface area (Å²) in [6, 6.07) is 8.02. The first-order chi connectivity index (χ1) is 7.22. The van der Waals surface area contributed by atoms with Gasteiger partial charge in [-0.25, -0.2) is 0 Å². The monoisotopic (exact) mass is 218 g/mol. The highest BCUT2D eigenvalue weighted by Crippen LogP contribution is 2.24. The van der Waals surface area contributed by atoms with E-state index in [-0.39, 0.29) is 0 Å². The molecule has 76 valence electrons. The molecule has 0 atom stereocenters. The predicted molar refractivity (Wildman–Crippen MR) is 61.9 cm³/mol. The number of nitriles is 1. The SMILES string of the molecule is Cn1cc(CCC#N)c2ccc(Cl)cc21. The summed E-state index contributed by atoms with van der Waals surface area (Å²) in [6.07, 6.45) is 3.43. The van der Waals surface area contributed by atoms with Gasteiger partial charge in [0.15, 0.2) is 0 Å². The smallest absolute Gasteiger partial charge is 0.0625 e. The maximum Gasteiger partial charge on any atom is 0.0625 e. The molecule has 0 spiro atoms. The molecule has 0 aliphatic heterocycles. The van der Waals surface area contributed by atoms with Gasteiger partial charge in [0.1, 0.15) is 0 Å². The van der Waals surface area contributed by atoms with Gasteiger partial charge in [0.2, 0.25) is 0 Å². The normalized spacial score (nSPS) is 10.5. The summed E-state index contributed by atoms with van der Waals surface area (Å²) < 4.78 is 2.05. The summed E-state index contributed by atoms with van der Waals surface area (Å²) >= 11 is 5.94. The summed E-state index contributed by atoms with van der Waals surface area (Å²) in [7, 11) is 1.99. The number of nitrogens with zero attached hydrogens (tertiary/aromatic N) is 2. The van der Waals surface area contributed by atoms with E-state index in [1.165, 1.54) is 10.9 Å². The predicted octanol–water partition coefficient (Wildman–Crippen LogP) is 3.29. The van der Waals surface area contributed by atoms with E-state index in [2.05, 4.69) is 12.3 Å². The van der Waals surface area contributed by atoms with Gasteiger partial charge in [0.05, 0.1) is 6.07 Å². The fraction of sp³-hybridized carbons (Fsp3) is 0.250. The van der Waals surface area contributed by atoms with Crippen molar-refractivity contribution < 1.29 is 0 Å². The topological polar surface area (TPSA) is 28.7 Å². The Kier molecular flexibility index (Phi) is 2.66. The third-order valence-corrected chi connectivity index (χ3v) is 2.78. The second-order valence-electron chi connectivity index (χ2n) is 3.58. The van der Waals surface area contributed by atoms with E-state index in [9.17, 15) is 0 Å². The van der Waals surface area contributed by atoms with E-state index in [1.807, 2.05) is 29.8 Å². The Morgan fingerprint density at radius 3 is 3.00 bits per heavy atom. The molecule has 0 N–H and O–H groups in total. The van der Waals surface area contributed by atoms with Gasteiger partial charge >= 0.3 is 0 Å². The average molecular weight is 219 g/mol. The third kappa shape index (κ3) is 1.84. The van der Waals surface area contributed by atoms with E-state index in [4.69, 9.17) is 16.9 Å². The van der Waals surface area contributed by atoms with Crippen LogP contribution in [-0.2, 0) is 13.5 Å². The van der Waals surface area contributed by atoms with Crippen LogP contribution in [0.4, 0.5) is 0 Å². The van der Waals surface area contributed by atoms with Crippen molar-refractivity contribution in [1.82, 2.24) is 4.57 Å². The van der Waals surface area contributed by atoms with Gasteiger partial charge in [0.25, 0.3) is 0 Å². The van der Waals surface area contributed by atoms with E-state index < -0.39 is 0 Å². The van der Waals surface area contributed by atoms with Crippen LogP contribution >= 0.6 is 11.6 Å². The highest BCUT2D eigenvalue weighted by molar-refractivity contribution is 6.31. The highest BCUT2D eigenvalue weighted by Gasteiger charge is 2.06. The number of rotatable bonds is 2. The summed E-state index contributed by atoms with van der Waals surface area (Å²) in [5.41, 5.74) is 2.33. The number of halogens is 1. The van der Waals surface area contributed by atoms with Crippen LogP contribution in [0.15, 0.2) is 24.4 Å². The maximum atomic E-state index is 8.57. The highest BCUT2D eigenvalue weighted by atomic mass is 35.5. The maximum absolute atomic E-state index is 8.57. The van der Waals surface area contributed by atoms with Crippen molar-refractivity contribution in [1.29, 1.82) is 5.26 Å². The molecule has 15 heavy (non-hydrogen) atoms. The van der Waals surface area contributed by atoms with Crippen LogP contribution < -0.4 is 0 Å². The fourth-order valence-corrected chi connectivity index (χ4v) is 2.00. The Labute approximate surface area is 93.7 Å². The van der Waals surface area contributed by atoms with Crippen LogP contribution in [0.2, 0.25) is 5.02 Å². The molecular weight excluding hydrogens is 208 g/mol. The molecule has 0 radical (unpaired) electrons. The molecule has 1 aromatic heterocycles. The number of aromatic nitrogens is 1. The molecule has 0 fully saturated rings. The number of hydrogen-bond donors (Lipinski definition) is 0. The van der Waals surface area contributed by atoms with Crippen molar-refractivity contribution >= 4 is 22.5 Å². The van der Waals surface area contributed by atoms with Crippen molar-refractivity contribution in [3.63, 3.8) is 0 Å². The molecule has 1 heterocycles. The number of fused-ring (bicyclic) bond motifs is 1. The molecule has 0 saturated carbocycles. The fourth-order valence-electron chi connectivity index (χ4n) is 1.83. The number of hydrogen-bond acceptors (Lipinski definition) is 1. The molecule has 0 aliphatic rings. The van der Waals surface area contributed by atoms with Crippen LogP contribution in [-0.4, -0.2) is 4.57 Å². The molecule has 0 unspecified atom stereocenters. The molecular formula is C12H11ClN2. The minimum atomic E-state index is 0.557. The first-order valence-corrected chi connectivity index (χ1v) is 5.20. The summed E-state index contributed by atoms with van der Waals surface area (Å²) in [4.78, 5) is 0. The summed E-state index contributed by atoms with van der Waals surface area (Å²) in [5.74, 6) is 0. The lowest BCUT2D eigenvalue weighted by atomic mass is 10.1. The molecule has 0 bridgehead atoms. The van der Waals surface area contributed by atoms with Crippen LogP contribution in [0.25, 0.3) is 10.9 Å².